The van der Waals surface area contributed by atoms with Crippen molar-refractivity contribution in [1.82, 2.24) is 4.90 Å². The first-order valence-electron chi connectivity index (χ1n) is 5.17. The molecule has 5 heteroatoms. The Morgan fingerprint density at radius 2 is 2.12 bits per heavy atom. The van der Waals surface area contributed by atoms with Gasteiger partial charge < -0.3 is 14.4 Å². The first-order chi connectivity index (χ1) is 7.62. The lowest BCUT2D eigenvalue weighted by molar-refractivity contribution is -0.130. The predicted molar refractivity (Wildman–Crippen MR) is 59.6 cm³/mol. The van der Waals surface area contributed by atoms with Crippen LogP contribution in [0.25, 0.3) is 0 Å². The number of carbonyl (C=O) groups excluding carboxylic acids is 2. The largest absolute Gasteiger partial charge is 0.468 e. The molecule has 1 rings (SSSR count). The van der Waals surface area contributed by atoms with Crippen LogP contribution in [0.5, 0.6) is 0 Å². The van der Waals surface area contributed by atoms with Crippen LogP contribution in [0.15, 0.2) is 11.6 Å². The summed E-state index contributed by atoms with van der Waals surface area (Å²) in [6.45, 7) is 4.68. The molecular formula is C11H19NO4. The molecule has 1 unspecified atom stereocenters. The molecule has 0 aromatic heterocycles. The topological polar surface area (TPSA) is 55.8 Å². The number of rotatable bonds is 4. The van der Waals surface area contributed by atoms with Crippen molar-refractivity contribution in [3.05, 3.63) is 11.6 Å². The summed E-state index contributed by atoms with van der Waals surface area (Å²) in [5, 5.41) is 0. The third-order valence-corrected chi connectivity index (χ3v) is 2.19. The number of hydrogen-bond acceptors (Lipinski definition) is 4. The van der Waals surface area contributed by atoms with Crippen LogP contribution >= 0.6 is 0 Å². The predicted octanol–water partition coefficient (Wildman–Crippen LogP) is 0.947. The van der Waals surface area contributed by atoms with E-state index in [1.165, 1.54) is 0 Å². The van der Waals surface area contributed by atoms with Crippen molar-refractivity contribution in [3.63, 3.8) is 0 Å². The monoisotopic (exact) mass is 229 g/mol. The molecule has 0 aromatic carbocycles. The molecule has 0 bridgehead atoms. The summed E-state index contributed by atoms with van der Waals surface area (Å²) in [6.07, 6.45) is 2.38. The fourth-order valence-electron chi connectivity index (χ4n) is 1.35. The SMILES string of the molecule is CCC1=CC(=O)N(C)C1OC.CCOC=O. The first-order valence-corrected chi connectivity index (χ1v) is 5.17. The zero-order chi connectivity index (χ0) is 12.6. The van der Waals surface area contributed by atoms with Crippen LogP contribution in [0.4, 0.5) is 0 Å². The molecule has 0 saturated carbocycles. The maximum Gasteiger partial charge on any atom is 0.293 e. The van der Waals surface area contributed by atoms with E-state index in [4.69, 9.17) is 4.74 Å². The van der Waals surface area contributed by atoms with Crippen LogP contribution in [-0.4, -0.2) is 44.3 Å². The minimum Gasteiger partial charge on any atom is -0.468 e. The van der Waals surface area contributed by atoms with Gasteiger partial charge in [0.25, 0.3) is 6.47 Å². The number of likely N-dealkylation sites (N-methyl/N-ethyl adjacent to an activating group) is 1. The molecule has 92 valence electrons. The van der Waals surface area contributed by atoms with Crippen LogP contribution in [0.3, 0.4) is 0 Å². The van der Waals surface area contributed by atoms with Gasteiger partial charge in [0.1, 0.15) is 0 Å². The number of methoxy groups -OCH3 is 1. The van der Waals surface area contributed by atoms with Crippen LogP contribution in [-0.2, 0) is 19.1 Å². The van der Waals surface area contributed by atoms with E-state index in [1.54, 1.807) is 32.1 Å². The molecule has 0 fully saturated rings. The maximum absolute atomic E-state index is 11.1. The molecule has 1 aliphatic heterocycles. The van der Waals surface area contributed by atoms with E-state index >= 15 is 0 Å². The van der Waals surface area contributed by atoms with E-state index in [0.29, 0.717) is 13.1 Å². The molecule has 1 amide bonds. The lowest BCUT2D eigenvalue weighted by atomic mass is 10.2. The summed E-state index contributed by atoms with van der Waals surface area (Å²) >= 11 is 0. The minimum absolute atomic E-state index is 0.0358. The van der Waals surface area contributed by atoms with Crippen LogP contribution in [0, 0.1) is 0 Å². The van der Waals surface area contributed by atoms with Crippen molar-refractivity contribution in [1.29, 1.82) is 0 Å². The molecule has 0 aliphatic carbocycles. The molecule has 1 heterocycles. The summed E-state index contributed by atoms with van der Waals surface area (Å²) in [5.41, 5.74) is 1.06. The second-order valence-electron chi connectivity index (χ2n) is 3.16. The smallest absolute Gasteiger partial charge is 0.293 e. The molecule has 1 atom stereocenters. The summed E-state index contributed by atoms with van der Waals surface area (Å²) in [4.78, 5) is 21.9. The summed E-state index contributed by atoms with van der Waals surface area (Å²) in [5.74, 6) is 0.0358. The Labute approximate surface area is 96.0 Å². The number of ether oxygens (including phenoxy) is 2. The lowest BCUT2D eigenvalue weighted by Gasteiger charge is -2.20. The number of nitrogens with zero attached hydrogens (tertiary/aromatic N) is 1. The molecule has 0 spiro atoms. The van der Waals surface area contributed by atoms with Gasteiger partial charge in [-0.25, -0.2) is 0 Å². The normalized spacial score (nSPS) is 18.8. The van der Waals surface area contributed by atoms with E-state index in [1.807, 2.05) is 6.92 Å². The third kappa shape index (κ3) is 4.02. The second kappa shape index (κ2) is 7.87. The third-order valence-electron chi connectivity index (χ3n) is 2.19. The average molecular weight is 229 g/mol. The van der Waals surface area contributed by atoms with Gasteiger partial charge in [-0.3, -0.25) is 9.59 Å². The van der Waals surface area contributed by atoms with Crippen molar-refractivity contribution >= 4 is 12.4 Å². The number of amides is 1. The van der Waals surface area contributed by atoms with Gasteiger partial charge in [0.15, 0.2) is 6.23 Å². The van der Waals surface area contributed by atoms with Crippen molar-refractivity contribution in [2.75, 3.05) is 20.8 Å². The van der Waals surface area contributed by atoms with Gasteiger partial charge in [0, 0.05) is 20.2 Å². The Balaban J connectivity index is 0.000000385. The molecule has 1 aliphatic rings. The summed E-state index contributed by atoms with van der Waals surface area (Å²) < 4.78 is 9.29. The molecule has 0 N–H and O–H groups in total. The van der Waals surface area contributed by atoms with E-state index in [-0.39, 0.29) is 12.1 Å². The van der Waals surface area contributed by atoms with Crippen molar-refractivity contribution in [2.24, 2.45) is 0 Å². The van der Waals surface area contributed by atoms with E-state index < -0.39 is 0 Å². The summed E-state index contributed by atoms with van der Waals surface area (Å²) in [6, 6.07) is 0. The Hall–Kier alpha value is -1.36. The van der Waals surface area contributed by atoms with Gasteiger partial charge in [-0.1, -0.05) is 6.92 Å². The highest BCUT2D eigenvalue weighted by atomic mass is 16.5. The molecule has 0 aromatic rings. The van der Waals surface area contributed by atoms with E-state index in [2.05, 4.69) is 4.74 Å². The zero-order valence-corrected chi connectivity index (χ0v) is 10.2. The highest BCUT2D eigenvalue weighted by Gasteiger charge is 2.27. The maximum atomic E-state index is 11.1. The van der Waals surface area contributed by atoms with E-state index in [9.17, 15) is 9.59 Å². The van der Waals surface area contributed by atoms with E-state index in [0.717, 1.165) is 12.0 Å². The van der Waals surface area contributed by atoms with Gasteiger partial charge in [-0.15, -0.1) is 0 Å². The standard InChI is InChI=1S/C8H13NO2.C3H6O2/c1-4-6-5-7(10)9(2)8(6)11-3;1-2-5-3-4/h5,8H,4H2,1-3H3;3H,2H2,1H3. The van der Waals surface area contributed by atoms with Crippen LogP contribution in [0.1, 0.15) is 20.3 Å². The van der Waals surface area contributed by atoms with Crippen molar-refractivity contribution in [2.45, 2.75) is 26.5 Å². The molecular weight excluding hydrogens is 210 g/mol. The fourth-order valence-corrected chi connectivity index (χ4v) is 1.35. The summed E-state index contributed by atoms with van der Waals surface area (Å²) in [7, 11) is 3.36. The van der Waals surface area contributed by atoms with Gasteiger partial charge in [0.05, 0.1) is 6.61 Å². The average Bonchev–Trinajstić information content (AvgIpc) is 2.56. The van der Waals surface area contributed by atoms with Gasteiger partial charge >= 0.3 is 0 Å². The zero-order valence-electron chi connectivity index (χ0n) is 10.2. The first kappa shape index (κ1) is 14.6. The molecule has 16 heavy (non-hydrogen) atoms. The highest BCUT2D eigenvalue weighted by molar-refractivity contribution is 5.91. The second-order valence-corrected chi connectivity index (χ2v) is 3.16. The Kier molecular flexibility index (Phi) is 7.20. The Bertz CT molecular complexity index is 263. The van der Waals surface area contributed by atoms with Gasteiger partial charge in [0.2, 0.25) is 5.91 Å². The number of carbonyl (C=O) groups is 2. The van der Waals surface area contributed by atoms with Crippen molar-refractivity contribution in [3.8, 4) is 0 Å². The van der Waals surface area contributed by atoms with Gasteiger partial charge in [-0.05, 0) is 18.9 Å². The molecule has 0 saturated heterocycles. The highest BCUT2D eigenvalue weighted by Crippen LogP contribution is 2.20. The Morgan fingerprint density at radius 3 is 2.38 bits per heavy atom. The van der Waals surface area contributed by atoms with Gasteiger partial charge in [-0.2, -0.15) is 0 Å². The Morgan fingerprint density at radius 1 is 1.50 bits per heavy atom. The molecule has 5 nitrogen and oxygen atoms in total. The van der Waals surface area contributed by atoms with Crippen LogP contribution < -0.4 is 0 Å². The minimum atomic E-state index is -0.132. The fraction of sp³-hybridized carbons (Fsp3) is 0.636. The molecule has 0 radical (unpaired) electrons. The lowest BCUT2D eigenvalue weighted by Crippen LogP contribution is -2.32. The quantitative estimate of drug-likeness (QED) is 0.673. The van der Waals surface area contributed by atoms with Crippen LogP contribution in [0.2, 0.25) is 0 Å². The van der Waals surface area contributed by atoms with Crippen molar-refractivity contribution < 1.29 is 19.1 Å². The number of hydrogen-bond donors (Lipinski definition) is 0.